The van der Waals surface area contributed by atoms with Crippen LogP contribution in [-0.4, -0.2) is 16.9 Å². The number of anilines is 2. The number of nitrogens with zero attached hydrogens (tertiary/aromatic N) is 1. The first kappa shape index (κ1) is 27.3. The van der Waals surface area contributed by atoms with Crippen molar-refractivity contribution in [2.75, 3.05) is 22.3 Å². The molecule has 5 rings (SSSR count). The highest BCUT2D eigenvalue weighted by Gasteiger charge is 2.32. The van der Waals surface area contributed by atoms with E-state index in [4.69, 9.17) is 0 Å². The molecular weight excluding hydrogens is 539 g/mol. The van der Waals surface area contributed by atoms with Gasteiger partial charge < -0.3 is 10.0 Å². The van der Waals surface area contributed by atoms with Gasteiger partial charge in [0, 0.05) is 41.2 Å². The first-order valence-electron chi connectivity index (χ1n) is 12.7. The summed E-state index contributed by atoms with van der Waals surface area (Å²) in [5, 5.41) is 4.04. The molecule has 202 valence electrons. The van der Waals surface area contributed by atoms with Crippen molar-refractivity contribution in [1.29, 1.82) is 0 Å². The van der Waals surface area contributed by atoms with E-state index in [-0.39, 0.29) is 34.7 Å². The molecule has 0 spiro atoms. The lowest BCUT2D eigenvalue weighted by Crippen LogP contribution is -2.31. The van der Waals surface area contributed by atoms with Crippen LogP contribution < -0.4 is 15.6 Å². The van der Waals surface area contributed by atoms with Crippen LogP contribution in [0.3, 0.4) is 0 Å². The molecule has 0 amide bonds. The summed E-state index contributed by atoms with van der Waals surface area (Å²) in [4.78, 5) is 14.1. The maximum atomic E-state index is 15.6. The first-order chi connectivity index (χ1) is 18.8. The van der Waals surface area contributed by atoms with Crippen molar-refractivity contribution in [2.24, 2.45) is 0 Å². The van der Waals surface area contributed by atoms with Crippen LogP contribution in [0.5, 0.6) is 0 Å². The van der Waals surface area contributed by atoms with E-state index in [9.17, 15) is 13.6 Å². The molecular formula is C30H28F3N3OS2. The standard InChI is InChI=1S/C30H28F3N3OS2/c1-3-18-6-4-7-22(28(18)33)27-17(2)23(14-24-25(31)8-5-9-26(24)32)30-36(29(27)37)21(16-39-30)15-34-19-10-12-20(35-38)13-11-19/h4-13,21,34-35,38H,3,14-16H2,1-2H3. The fraction of sp³-hybridized carbons (Fsp3) is 0.233. The van der Waals surface area contributed by atoms with Gasteiger partial charge in [-0.15, -0.1) is 11.8 Å². The Morgan fingerprint density at radius 2 is 1.64 bits per heavy atom. The molecule has 3 aromatic carbocycles. The summed E-state index contributed by atoms with van der Waals surface area (Å²) in [6.07, 6.45) is 0.426. The third-order valence-corrected chi connectivity index (χ3v) is 8.74. The van der Waals surface area contributed by atoms with E-state index >= 15 is 4.39 Å². The number of benzene rings is 3. The molecule has 0 saturated carbocycles. The summed E-state index contributed by atoms with van der Waals surface area (Å²) in [7, 11) is 0. The fourth-order valence-corrected chi connectivity index (χ4v) is 6.60. The zero-order chi connectivity index (χ0) is 27.7. The molecule has 0 fully saturated rings. The zero-order valence-electron chi connectivity index (χ0n) is 21.5. The average Bonchev–Trinajstić information content (AvgIpc) is 3.36. The van der Waals surface area contributed by atoms with Gasteiger partial charge >= 0.3 is 0 Å². The molecule has 9 heteroatoms. The second-order valence-corrected chi connectivity index (χ2v) is 10.7. The number of thiol groups is 1. The lowest BCUT2D eigenvalue weighted by atomic mass is 9.93. The number of pyridine rings is 1. The van der Waals surface area contributed by atoms with Crippen molar-refractivity contribution in [1.82, 2.24) is 4.57 Å². The van der Waals surface area contributed by atoms with Crippen LogP contribution >= 0.6 is 24.6 Å². The second kappa shape index (κ2) is 11.4. The van der Waals surface area contributed by atoms with Crippen LogP contribution in [0.1, 0.15) is 35.2 Å². The third-order valence-electron chi connectivity index (χ3n) is 7.21. The van der Waals surface area contributed by atoms with Crippen LogP contribution in [0, 0.1) is 24.4 Å². The number of nitrogens with one attached hydrogen (secondary N) is 2. The largest absolute Gasteiger partial charge is 0.383 e. The molecule has 1 aliphatic heterocycles. The predicted octanol–water partition coefficient (Wildman–Crippen LogP) is 7.41. The molecule has 1 unspecified atom stereocenters. The number of rotatable bonds is 8. The van der Waals surface area contributed by atoms with Crippen molar-refractivity contribution in [2.45, 2.75) is 37.8 Å². The van der Waals surface area contributed by atoms with Gasteiger partial charge in [0.2, 0.25) is 0 Å². The van der Waals surface area contributed by atoms with Crippen molar-refractivity contribution < 1.29 is 13.2 Å². The minimum Gasteiger partial charge on any atom is -0.383 e. The molecule has 1 aromatic heterocycles. The van der Waals surface area contributed by atoms with E-state index in [1.807, 2.05) is 31.2 Å². The third kappa shape index (κ3) is 5.17. The SMILES string of the molecule is CCc1cccc(-c2c(C)c(Cc3c(F)cccc3F)c3n(c2=O)C(CNc2ccc(NS)cc2)CS3)c1F. The van der Waals surface area contributed by atoms with Crippen LogP contribution in [0.2, 0.25) is 0 Å². The molecule has 2 N–H and O–H groups in total. The molecule has 39 heavy (non-hydrogen) atoms. The van der Waals surface area contributed by atoms with Crippen molar-refractivity contribution >= 4 is 36.0 Å². The van der Waals surface area contributed by atoms with Crippen LogP contribution in [0.25, 0.3) is 11.1 Å². The van der Waals surface area contributed by atoms with Gasteiger partial charge in [0.25, 0.3) is 5.56 Å². The molecule has 2 heterocycles. The second-order valence-electron chi connectivity index (χ2n) is 9.50. The monoisotopic (exact) mass is 567 g/mol. The molecule has 0 radical (unpaired) electrons. The highest BCUT2D eigenvalue weighted by atomic mass is 32.2. The Hall–Kier alpha value is -3.30. The lowest BCUT2D eigenvalue weighted by molar-refractivity contribution is 0.531. The van der Waals surface area contributed by atoms with E-state index in [1.54, 1.807) is 29.7 Å². The summed E-state index contributed by atoms with van der Waals surface area (Å²) < 4.78 is 49.5. The average molecular weight is 568 g/mol. The normalized spacial score (nSPS) is 14.4. The minimum absolute atomic E-state index is 0.0482. The Balaban J connectivity index is 1.64. The molecule has 4 aromatic rings. The number of halogens is 3. The topological polar surface area (TPSA) is 46.1 Å². The predicted molar refractivity (Wildman–Crippen MR) is 157 cm³/mol. The van der Waals surface area contributed by atoms with E-state index in [0.717, 1.165) is 11.4 Å². The Labute approximate surface area is 235 Å². The van der Waals surface area contributed by atoms with E-state index in [1.165, 1.54) is 30.0 Å². The Morgan fingerprint density at radius 1 is 0.974 bits per heavy atom. The Kier molecular flexibility index (Phi) is 8.00. The molecule has 4 nitrogen and oxygen atoms in total. The van der Waals surface area contributed by atoms with Crippen LogP contribution in [-0.2, 0) is 12.8 Å². The summed E-state index contributed by atoms with van der Waals surface area (Å²) in [6.45, 7) is 4.04. The van der Waals surface area contributed by atoms with Crippen molar-refractivity contribution in [3.8, 4) is 11.1 Å². The van der Waals surface area contributed by atoms with Crippen LogP contribution in [0.4, 0.5) is 24.5 Å². The van der Waals surface area contributed by atoms with Gasteiger partial charge in [0.1, 0.15) is 17.5 Å². The van der Waals surface area contributed by atoms with Crippen LogP contribution in [0.15, 0.2) is 70.5 Å². The van der Waals surface area contributed by atoms with Crippen molar-refractivity contribution in [3.05, 3.63) is 111 Å². The molecule has 0 bridgehead atoms. The molecule has 0 aliphatic carbocycles. The van der Waals surface area contributed by atoms with Gasteiger partial charge in [-0.05, 0) is 66.4 Å². The smallest absolute Gasteiger partial charge is 0.260 e. The van der Waals surface area contributed by atoms with Crippen molar-refractivity contribution in [3.63, 3.8) is 0 Å². The zero-order valence-corrected chi connectivity index (χ0v) is 23.2. The Morgan fingerprint density at radius 3 is 2.31 bits per heavy atom. The minimum atomic E-state index is -0.652. The number of aryl methyl sites for hydroxylation is 1. The number of fused-ring (bicyclic) bond motifs is 1. The van der Waals surface area contributed by atoms with E-state index < -0.39 is 17.5 Å². The maximum absolute atomic E-state index is 15.6. The highest BCUT2D eigenvalue weighted by Crippen LogP contribution is 2.40. The fourth-order valence-electron chi connectivity index (χ4n) is 5.07. The van der Waals surface area contributed by atoms with E-state index in [2.05, 4.69) is 22.9 Å². The van der Waals surface area contributed by atoms with Gasteiger partial charge in [0.05, 0.1) is 16.6 Å². The number of hydrogen-bond donors (Lipinski definition) is 3. The summed E-state index contributed by atoms with van der Waals surface area (Å²) >= 11 is 5.53. The first-order valence-corrected chi connectivity index (χ1v) is 14.1. The summed E-state index contributed by atoms with van der Waals surface area (Å²) in [5.74, 6) is -1.16. The molecule has 1 atom stereocenters. The summed E-state index contributed by atoms with van der Waals surface area (Å²) in [5.41, 5.74) is 3.46. The lowest BCUT2D eigenvalue weighted by Gasteiger charge is -2.22. The van der Waals surface area contributed by atoms with Gasteiger partial charge in [-0.25, -0.2) is 13.2 Å². The van der Waals surface area contributed by atoms with Gasteiger partial charge in [0.15, 0.2) is 0 Å². The molecule has 0 saturated heterocycles. The van der Waals surface area contributed by atoms with Gasteiger partial charge in [-0.1, -0.05) is 44.0 Å². The van der Waals surface area contributed by atoms with E-state index in [0.29, 0.717) is 40.4 Å². The summed E-state index contributed by atoms with van der Waals surface area (Å²) in [6, 6.07) is 16.1. The Bertz CT molecular complexity index is 1570. The molecule has 1 aliphatic rings. The number of aromatic nitrogens is 1. The highest BCUT2D eigenvalue weighted by molar-refractivity contribution is 7.99. The quantitative estimate of drug-likeness (QED) is 0.194. The number of hydrogen-bond acceptors (Lipinski definition) is 5. The van der Waals surface area contributed by atoms with Gasteiger partial charge in [-0.3, -0.25) is 9.36 Å². The number of thioether (sulfide) groups is 1. The van der Waals surface area contributed by atoms with Gasteiger partial charge in [-0.2, -0.15) is 0 Å². The maximum Gasteiger partial charge on any atom is 0.260 e.